The highest BCUT2D eigenvalue weighted by molar-refractivity contribution is 6.33. The van der Waals surface area contributed by atoms with Crippen molar-refractivity contribution in [2.45, 2.75) is 20.3 Å². The molecule has 4 aliphatic carbocycles. The van der Waals surface area contributed by atoms with Gasteiger partial charge < -0.3 is 0 Å². The standard InChI is InChI=1S/C36H28Cl2N2O4/c1-17-8-10-20(14-26(17)37)39-33(41)25-16-24(19-6-4-3-5-7-19)28-22-12-13-23(29(28)32(25)36(39)44)31-30(22)34(42)40(35(31)43)21-11-9-18(2)27(38)15-21/h3-15,22-23,25,29-32H,16H2,1-2H3/t22-,23+,25+,29-,30+,31-,32+/m0/s1. The van der Waals surface area contributed by atoms with E-state index in [4.69, 9.17) is 23.2 Å². The Hall–Kier alpha value is -4.00. The van der Waals surface area contributed by atoms with Crippen LogP contribution < -0.4 is 9.80 Å². The number of carbonyl (C=O) groups excluding carboxylic acids is 4. The Morgan fingerprint density at radius 1 is 0.636 bits per heavy atom. The maximum Gasteiger partial charge on any atom is 0.238 e. The van der Waals surface area contributed by atoms with Gasteiger partial charge in [-0.15, -0.1) is 0 Å². The Morgan fingerprint density at radius 3 is 1.82 bits per heavy atom. The zero-order valence-corrected chi connectivity index (χ0v) is 25.5. The van der Waals surface area contributed by atoms with Crippen LogP contribution in [0.2, 0.25) is 10.0 Å². The van der Waals surface area contributed by atoms with Gasteiger partial charge >= 0.3 is 0 Å². The van der Waals surface area contributed by atoms with E-state index in [1.807, 2.05) is 62.4 Å². The fourth-order valence-electron chi connectivity index (χ4n) is 8.47. The molecule has 2 saturated heterocycles. The molecule has 8 heteroatoms. The minimum atomic E-state index is -0.644. The van der Waals surface area contributed by atoms with Crippen LogP contribution in [0.3, 0.4) is 0 Å². The van der Waals surface area contributed by atoms with Gasteiger partial charge in [0, 0.05) is 21.9 Å². The molecule has 9 rings (SSSR count). The molecular weight excluding hydrogens is 595 g/mol. The van der Waals surface area contributed by atoms with E-state index in [0.717, 1.165) is 27.8 Å². The number of halogens is 2. The highest BCUT2D eigenvalue weighted by Gasteiger charge is 2.67. The van der Waals surface area contributed by atoms with E-state index in [1.54, 1.807) is 24.3 Å². The number of benzene rings is 3. The first-order valence-electron chi connectivity index (χ1n) is 14.9. The van der Waals surface area contributed by atoms with Gasteiger partial charge in [-0.3, -0.25) is 19.2 Å². The number of hydrogen-bond acceptors (Lipinski definition) is 4. The summed E-state index contributed by atoms with van der Waals surface area (Å²) < 4.78 is 0. The molecule has 0 N–H and O–H groups in total. The number of amides is 4. The Kier molecular flexibility index (Phi) is 6.10. The van der Waals surface area contributed by atoms with E-state index in [-0.39, 0.29) is 35.5 Å². The summed E-state index contributed by atoms with van der Waals surface area (Å²) in [4.78, 5) is 59.4. The van der Waals surface area contributed by atoms with Crippen molar-refractivity contribution in [1.82, 2.24) is 0 Å². The first-order valence-corrected chi connectivity index (χ1v) is 15.7. The van der Waals surface area contributed by atoms with Gasteiger partial charge in [0.15, 0.2) is 0 Å². The molecule has 0 spiro atoms. The summed E-state index contributed by atoms with van der Waals surface area (Å²) in [6, 6.07) is 20.4. The Bertz CT molecular complexity index is 1880. The minimum absolute atomic E-state index is 0.246. The summed E-state index contributed by atoms with van der Waals surface area (Å²) in [5.74, 6) is -4.65. The highest BCUT2D eigenvalue weighted by atomic mass is 35.5. The molecule has 0 aromatic heterocycles. The Morgan fingerprint density at radius 2 is 1.20 bits per heavy atom. The third kappa shape index (κ3) is 3.67. The molecule has 6 aliphatic rings. The summed E-state index contributed by atoms with van der Waals surface area (Å²) >= 11 is 12.8. The molecule has 2 heterocycles. The second-order valence-corrected chi connectivity index (χ2v) is 13.4. The van der Waals surface area contributed by atoms with Crippen LogP contribution in [-0.4, -0.2) is 23.6 Å². The number of allylic oxidation sites excluding steroid dienone is 4. The molecule has 4 amide bonds. The van der Waals surface area contributed by atoms with Crippen LogP contribution in [0.25, 0.3) is 5.57 Å². The molecule has 3 aromatic carbocycles. The van der Waals surface area contributed by atoms with Gasteiger partial charge in [-0.2, -0.15) is 0 Å². The van der Waals surface area contributed by atoms with Crippen molar-refractivity contribution in [3.63, 3.8) is 0 Å². The third-order valence-electron chi connectivity index (χ3n) is 10.5. The van der Waals surface area contributed by atoms with Gasteiger partial charge in [0.1, 0.15) is 0 Å². The van der Waals surface area contributed by atoms with E-state index in [9.17, 15) is 19.2 Å². The lowest BCUT2D eigenvalue weighted by Gasteiger charge is -2.51. The van der Waals surface area contributed by atoms with Crippen LogP contribution in [0.5, 0.6) is 0 Å². The predicted molar refractivity (Wildman–Crippen MR) is 169 cm³/mol. The number of rotatable bonds is 3. The van der Waals surface area contributed by atoms with Gasteiger partial charge in [-0.25, -0.2) is 9.80 Å². The monoisotopic (exact) mass is 622 g/mol. The van der Waals surface area contributed by atoms with Crippen molar-refractivity contribution in [1.29, 1.82) is 0 Å². The topological polar surface area (TPSA) is 74.8 Å². The zero-order chi connectivity index (χ0) is 30.6. The molecule has 0 unspecified atom stereocenters. The third-order valence-corrected chi connectivity index (χ3v) is 11.3. The number of nitrogens with zero attached hydrogens (tertiary/aromatic N) is 2. The predicted octanol–water partition coefficient (Wildman–Crippen LogP) is 6.81. The van der Waals surface area contributed by atoms with E-state index >= 15 is 0 Å². The summed E-state index contributed by atoms with van der Waals surface area (Å²) in [5.41, 5.74) is 5.60. The van der Waals surface area contributed by atoms with Crippen LogP contribution >= 0.6 is 23.2 Å². The average molecular weight is 624 g/mol. The van der Waals surface area contributed by atoms with Crippen molar-refractivity contribution >= 4 is 63.8 Å². The maximum atomic E-state index is 14.4. The quantitative estimate of drug-likeness (QED) is 0.237. The average Bonchev–Trinajstić information content (AvgIpc) is 3.45. The van der Waals surface area contributed by atoms with E-state index in [0.29, 0.717) is 27.8 Å². The van der Waals surface area contributed by atoms with Gasteiger partial charge in [-0.1, -0.05) is 83.4 Å². The van der Waals surface area contributed by atoms with Crippen molar-refractivity contribution in [3.05, 3.63) is 111 Å². The zero-order valence-electron chi connectivity index (χ0n) is 24.0. The Balaban J connectivity index is 1.28. The van der Waals surface area contributed by atoms with E-state index < -0.39 is 29.6 Å². The maximum absolute atomic E-state index is 14.4. The SMILES string of the molecule is Cc1ccc(N2C(=O)[C@H]3[C@@H]4C=C[C@@H](C5=C(c6ccccc6)C[C@H]6C(=O)N(c7ccc(C)c(Cl)c7)C(=O)[C@H]6[C@H]54)[C@H]3C2=O)cc1Cl. The lowest BCUT2D eigenvalue weighted by molar-refractivity contribution is -0.129. The van der Waals surface area contributed by atoms with Crippen molar-refractivity contribution in [2.24, 2.45) is 41.4 Å². The number of aryl methyl sites for hydroxylation is 2. The molecule has 6 nitrogen and oxygen atoms in total. The normalized spacial score (nSPS) is 30.3. The lowest BCUT2D eigenvalue weighted by Crippen LogP contribution is -2.51. The summed E-state index contributed by atoms with van der Waals surface area (Å²) in [6.07, 6.45) is 4.45. The largest absolute Gasteiger partial charge is 0.274 e. The number of imide groups is 2. The van der Waals surface area contributed by atoms with Crippen molar-refractivity contribution in [2.75, 3.05) is 9.80 Å². The molecule has 7 atom stereocenters. The smallest absolute Gasteiger partial charge is 0.238 e. The molecule has 3 fully saturated rings. The van der Waals surface area contributed by atoms with Crippen LogP contribution in [0.1, 0.15) is 23.1 Å². The Labute approximate surface area is 264 Å². The number of hydrogen-bond donors (Lipinski definition) is 0. The molecule has 220 valence electrons. The summed E-state index contributed by atoms with van der Waals surface area (Å²) in [6.45, 7) is 3.74. The molecule has 44 heavy (non-hydrogen) atoms. The van der Waals surface area contributed by atoms with E-state index in [2.05, 4.69) is 6.08 Å². The van der Waals surface area contributed by atoms with Crippen molar-refractivity contribution < 1.29 is 19.2 Å². The van der Waals surface area contributed by atoms with E-state index in [1.165, 1.54) is 9.80 Å². The summed E-state index contributed by atoms with van der Waals surface area (Å²) in [7, 11) is 0. The number of carbonyl (C=O) groups is 4. The molecule has 2 aliphatic heterocycles. The van der Waals surface area contributed by atoms with Gasteiger partial charge in [0.2, 0.25) is 23.6 Å². The summed E-state index contributed by atoms with van der Waals surface area (Å²) in [5, 5.41) is 0.964. The second kappa shape index (κ2) is 9.75. The first-order chi connectivity index (χ1) is 21.2. The van der Waals surface area contributed by atoms with Crippen LogP contribution in [-0.2, 0) is 19.2 Å². The van der Waals surface area contributed by atoms with Crippen LogP contribution in [0.15, 0.2) is 84.5 Å². The fourth-order valence-corrected chi connectivity index (χ4v) is 8.82. The van der Waals surface area contributed by atoms with Gasteiger partial charge in [0.05, 0.1) is 35.0 Å². The molecular formula is C36H28Cl2N2O4. The molecule has 3 aromatic rings. The number of fused-ring (bicyclic) bond motifs is 1. The van der Waals surface area contributed by atoms with Crippen LogP contribution in [0, 0.1) is 55.3 Å². The molecule has 2 bridgehead atoms. The second-order valence-electron chi connectivity index (χ2n) is 12.6. The first kappa shape index (κ1) is 27.5. The highest BCUT2D eigenvalue weighted by Crippen LogP contribution is 2.63. The molecule has 1 saturated carbocycles. The number of anilines is 2. The fraction of sp³-hybridized carbons (Fsp3) is 0.278. The molecule has 0 radical (unpaired) electrons. The van der Waals surface area contributed by atoms with Gasteiger partial charge in [-0.05, 0) is 72.7 Å². The minimum Gasteiger partial charge on any atom is -0.274 e. The van der Waals surface area contributed by atoms with Crippen molar-refractivity contribution in [3.8, 4) is 0 Å². The van der Waals surface area contributed by atoms with Crippen LogP contribution in [0.4, 0.5) is 11.4 Å². The van der Waals surface area contributed by atoms with Gasteiger partial charge in [0.25, 0.3) is 0 Å². The lowest BCUT2D eigenvalue weighted by atomic mass is 9.49.